The number of nitrogens with zero attached hydrogens (tertiary/aromatic N) is 1. The maximum Gasteiger partial charge on any atom is 0.227 e. The number of carbonyl (C=O) groups is 1. The molecule has 1 saturated heterocycles. The topological polar surface area (TPSA) is 44.4 Å². The Labute approximate surface area is 167 Å². The van der Waals surface area contributed by atoms with Gasteiger partial charge < -0.3 is 15.5 Å². The van der Waals surface area contributed by atoms with Crippen molar-refractivity contribution in [3.63, 3.8) is 0 Å². The summed E-state index contributed by atoms with van der Waals surface area (Å²) in [7, 11) is 0. The van der Waals surface area contributed by atoms with Gasteiger partial charge in [0.1, 0.15) is 0 Å². The molecule has 3 rings (SSSR count). The van der Waals surface area contributed by atoms with Gasteiger partial charge in [-0.15, -0.1) is 0 Å². The van der Waals surface area contributed by atoms with E-state index in [0.29, 0.717) is 11.5 Å². The van der Waals surface area contributed by atoms with Crippen molar-refractivity contribution in [1.29, 1.82) is 0 Å². The fourth-order valence-electron chi connectivity index (χ4n) is 3.63. The van der Waals surface area contributed by atoms with Gasteiger partial charge >= 0.3 is 0 Å². The lowest BCUT2D eigenvalue weighted by molar-refractivity contribution is -0.117. The van der Waals surface area contributed by atoms with Gasteiger partial charge in [-0.3, -0.25) is 4.79 Å². The number of hydrogen-bond acceptors (Lipinski definition) is 2. The van der Waals surface area contributed by atoms with Crippen LogP contribution in [0, 0.1) is 20.8 Å². The molecule has 1 amide bonds. The average molecular weight is 382 g/mol. The van der Waals surface area contributed by atoms with Gasteiger partial charge in [0.25, 0.3) is 0 Å². The summed E-state index contributed by atoms with van der Waals surface area (Å²) in [6.45, 7) is 9.14. The third-order valence-electron chi connectivity index (χ3n) is 5.07. The molecule has 0 aromatic heterocycles. The summed E-state index contributed by atoms with van der Waals surface area (Å²) >= 11 is 5.51. The van der Waals surface area contributed by atoms with E-state index >= 15 is 0 Å². The van der Waals surface area contributed by atoms with Gasteiger partial charge in [-0.05, 0) is 75.2 Å². The Balaban J connectivity index is 1.69. The van der Waals surface area contributed by atoms with E-state index in [4.69, 9.17) is 12.2 Å². The number of rotatable bonds is 4. The molecule has 0 radical (unpaired) electrons. The van der Waals surface area contributed by atoms with Crippen LogP contribution in [-0.4, -0.2) is 17.6 Å². The molecule has 2 aromatic rings. The predicted molar refractivity (Wildman–Crippen MR) is 116 cm³/mol. The van der Waals surface area contributed by atoms with Crippen LogP contribution in [0.1, 0.15) is 48.1 Å². The molecule has 0 aliphatic carbocycles. The lowest BCUT2D eigenvalue weighted by Gasteiger charge is -2.22. The first-order valence-electron chi connectivity index (χ1n) is 9.41. The van der Waals surface area contributed by atoms with E-state index in [2.05, 4.69) is 49.6 Å². The van der Waals surface area contributed by atoms with E-state index < -0.39 is 0 Å². The Morgan fingerprint density at radius 3 is 2.56 bits per heavy atom. The highest BCUT2D eigenvalue weighted by Gasteiger charge is 2.23. The molecule has 5 heteroatoms. The standard InChI is InChI=1S/C22H27N3OS/c1-14-7-10-19(16(3)12-14)17(4)23-22(27)24-18-9-8-15(2)20(13-18)25-11-5-6-21(25)26/h7-10,12-13,17H,5-6,11H2,1-4H3,(H2,23,24,27)/t17-/m1/s1. The molecule has 1 fully saturated rings. The monoisotopic (exact) mass is 381 g/mol. The van der Waals surface area contributed by atoms with Crippen molar-refractivity contribution in [2.45, 2.75) is 46.6 Å². The second-order valence-electron chi connectivity index (χ2n) is 7.33. The Morgan fingerprint density at radius 2 is 1.89 bits per heavy atom. The van der Waals surface area contributed by atoms with Gasteiger partial charge in [-0.1, -0.05) is 29.8 Å². The molecule has 27 heavy (non-hydrogen) atoms. The van der Waals surface area contributed by atoms with E-state index in [-0.39, 0.29) is 11.9 Å². The van der Waals surface area contributed by atoms with Crippen molar-refractivity contribution < 1.29 is 4.79 Å². The molecule has 0 unspecified atom stereocenters. The van der Waals surface area contributed by atoms with Crippen molar-refractivity contribution in [2.24, 2.45) is 0 Å². The van der Waals surface area contributed by atoms with E-state index in [1.54, 1.807) is 0 Å². The zero-order valence-electron chi connectivity index (χ0n) is 16.4. The van der Waals surface area contributed by atoms with Crippen LogP contribution in [0.15, 0.2) is 36.4 Å². The fourth-order valence-corrected chi connectivity index (χ4v) is 3.93. The first-order valence-corrected chi connectivity index (χ1v) is 9.81. The number of benzene rings is 2. The quantitative estimate of drug-likeness (QED) is 0.748. The Hall–Kier alpha value is -2.40. The lowest BCUT2D eigenvalue weighted by atomic mass is 10.0. The smallest absolute Gasteiger partial charge is 0.227 e. The van der Waals surface area contributed by atoms with Gasteiger partial charge in [0.05, 0.1) is 6.04 Å². The molecule has 2 N–H and O–H groups in total. The van der Waals surface area contributed by atoms with Gasteiger partial charge in [-0.25, -0.2) is 0 Å². The van der Waals surface area contributed by atoms with Crippen LogP contribution in [0.2, 0.25) is 0 Å². The zero-order valence-corrected chi connectivity index (χ0v) is 17.2. The summed E-state index contributed by atoms with van der Waals surface area (Å²) in [4.78, 5) is 14.0. The number of hydrogen-bond donors (Lipinski definition) is 2. The van der Waals surface area contributed by atoms with E-state index in [1.807, 2.05) is 30.0 Å². The van der Waals surface area contributed by atoms with Crippen molar-refractivity contribution in [3.8, 4) is 0 Å². The highest BCUT2D eigenvalue weighted by atomic mass is 32.1. The Bertz CT molecular complexity index is 878. The summed E-state index contributed by atoms with van der Waals surface area (Å²) in [5.74, 6) is 0.194. The molecule has 4 nitrogen and oxygen atoms in total. The largest absolute Gasteiger partial charge is 0.356 e. The minimum Gasteiger partial charge on any atom is -0.356 e. The van der Waals surface area contributed by atoms with E-state index in [0.717, 1.165) is 29.9 Å². The maximum absolute atomic E-state index is 12.1. The molecule has 1 heterocycles. The number of aryl methyl sites for hydroxylation is 3. The maximum atomic E-state index is 12.1. The summed E-state index contributed by atoms with van der Waals surface area (Å²) < 4.78 is 0. The second-order valence-corrected chi connectivity index (χ2v) is 7.74. The normalized spacial score (nSPS) is 15.0. The summed E-state index contributed by atoms with van der Waals surface area (Å²) in [6, 6.07) is 12.6. The highest BCUT2D eigenvalue weighted by molar-refractivity contribution is 7.80. The first-order chi connectivity index (χ1) is 12.8. The third-order valence-corrected chi connectivity index (χ3v) is 5.29. The zero-order chi connectivity index (χ0) is 19.6. The molecule has 142 valence electrons. The highest BCUT2D eigenvalue weighted by Crippen LogP contribution is 2.28. The Kier molecular flexibility index (Phi) is 5.80. The van der Waals surface area contributed by atoms with Crippen molar-refractivity contribution in [1.82, 2.24) is 5.32 Å². The Morgan fingerprint density at radius 1 is 1.11 bits per heavy atom. The first kappa shape index (κ1) is 19.4. The minimum atomic E-state index is 0.107. The summed E-state index contributed by atoms with van der Waals surface area (Å²) in [5.41, 5.74) is 6.69. The van der Waals surface area contributed by atoms with Crippen LogP contribution in [-0.2, 0) is 4.79 Å². The van der Waals surface area contributed by atoms with Gasteiger partial charge in [0.15, 0.2) is 5.11 Å². The van der Waals surface area contributed by atoms with Crippen LogP contribution in [0.3, 0.4) is 0 Å². The van der Waals surface area contributed by atoms with Crippen molar-refractivity contribution in [2.75, 3.05) is 16.8 Å². The van der Waals surface area contributed by atoms with Crippen LogP contribution in [0.4, 0.5) is 11.4 Å². The molecule has 0 spiro atoms. The van der Waals surface area contributed by atoms with Crippen molar-refractivity contribution in [3.05, 3.63) is 58.7 Å². The number of thiocarbonyl (C=S) groups is 1. The second kappa shape index (κ2) is 8.09. The van der Waals surface area contributed by atoms with E-state index in [9.17, 15) is 4.79 Å². The molecule has 0 saturated carbocycles. The van der Waals surface area contributed by atoms with E-state index in [1.165, 1.54) is 16.7 Å². The van der Waals surface area contributed by atoms with Gasteiger partial charge in [0.2, 0.25) is 5.91 Å². The molecule has 1 aliphatic heterocycles. The average Bonchev–Trinajstić information content (AvgIpc) is 3.02. The number of anilines is 2. The van der Waals surface area contributed by atoms with Gasteiger partial charge in [-0.2, -0.15) is 0 Å². The molecule has 0 bridgehead atoms. The van der Waals surface area contributed by atoms with Crippen LogP contribution >= 0.6 is 12.2 Å². The van der Waals surface area contributed by atoms with Crippen LogP contribution in [0.5, 0.6) is 0 Å². The number of carbonyl (C=O) groups excluding carboxylic acids is 1. The van der Waals surface area contributed by atoms with Crippen molar-refractivity contribution >= 4 is 34.6 Å². The molecular formula is C22H27N3OS. The lowest BCUT2D eigenvalue weighted by Crippen LogP contribution is -2.31. The number of amides is 1. The fraction of sp³-hybridized carbons (Fsp3) is 0.364. The molecular weight excluding hydrogens is 354 g/mol. The molecule has 2 aromatic carbocycles. The minimum absolute atomic E-state index is 0.107. The number of nitrogens with one attached hydrogen (secondary N) is 2. The SMILES string of the molecule is Cc1ccc([C@@H](C)NC(=S)Nc2ccc(C)c(N3CCCC3=O)c2)c(C)c1. The molecule has 1 atom stereocenters. The molecule has 1 aliphatic rings. The predicted octanol–water partition coefficient (Wildman–Crippen LogP) is 4.79. The van der Waals surface area contributed by atoms with Crippen LogP contribution in [0.25, 0.3) is 0 Å². The summed E-state index contributed by atoms with van der Waals surface area (Å²) in [6.07, 6.45) is 1.55. The summed E-state index contributed by atoms with van der Waals surface area (Å²) in [5, 5.41) is 7.19. The third kappa shape index (κ3) is 4.48. The van der Waals surface area contributed by atoms with Crippen LogP contribution < -0.4 is 15.5 Å². The van der Waals surface area contributed by atoms with Gasteiger partial charge in [0, 0.05) is 24.3 Å².